The molecule has 50 heavy (non-hydrogen) atoms. The molecular formula is C36H50ClN3O10. The molecule has 13 nitrogen and oxygen atoms in total. The Bertz CT molecular complexity index is 1550. The molecule has 0 unspecified atom stereocenters. The van der Waals surface area contributed by atoms with Crippen LogP contribution in [-0.2, 0) is 39.8 Å². The molecule has 2 saturated heterocycles. The number of hydrogen-bond donors (Lipinski definition) is 2. The zero-order valence-electron chi connectivity index (χ0n) is 30.4. The van der Waals surface area contributed by atoms with E-state index in [-0.39, 0.29) is 29.7 Å². The van der Waals surface area contributed by atoms with Crippen molar-refractivity contribution in [3.8, 4) is 5.75 Å². The van der Waals surface area contributed by atoms with Gasteiger partial charge in [-0.15, -0.1) is 0 Å². The molecule has 0 radical (unpaired) electrons. The Kier molecular flexibility index (Phi) is 12.0. The Balaban J connectivity index is 1.78. The molecule has 1 aromatic carbocycles. The van der Waals surface area contributed by atoms with Gasteiger partial charge in [0.05, 0.1) is 25.3 Å². The van der Waals surface area contributed by atoms with Crippen LogP contribution in [0.3, 0.4) is 0 Å². The van der Waals surface area contributed by atoms with Crippen molar-refractivity contribution in [3.05, 3.63) is 46.5 Å². The zero-order chi connectivity index (χ0) is 37.3. The second kappa shape index (κ2) is 15.3. The van der Waals surface area contributed by atoms with Crippen LogP contribution in [0.5, 0.6) is 5.75 Å². The highest BCUT2D eigenvalue weighted by Gasteiger charge is 2.64. The summed E-state index contributed by atoms with van der Waals surface area (Å²) in [5.74, 6) is -1.88. The molecule has 8 atom stereocenters. The number of methoxy groups -OCH3 is 2. The number of nitrogens with one attached hydrogen (secondary N) is 1. The number of aliphatic hydroxyl groups is 1. The number of hydrogen-bond acceptors (Lipinski definition) is 10. The molecule has 0 spiro atoms. The second-order valence-electron chi connectivity index (χ2n) is 14.0. The van der Waals surface area contributed by atoms with E-state index >= 15 is 0 Å². The predicted octanol–water partition coefficient (Wildman–Crippen LogP) is 4.17. The average molecular weight is 720 g/mol. The predicted molar refractivity (Wildman–Crippen MR) is 186 cm³/mol. The summed E-state index contributed by atoms with van der Waals surface area (Å²) in [6, 6.07) is 2.63. The number of carbonyl (C=O) groups excluding carboxylic acids is 4. The fourth-order valence-corrected chi connectivity index (χ4v) is 6.91. The number of alkyl carbamates (subject to hydrolysis) is 1. The SMILES string of the molecule is COc1cc2cc(c1Cl)N(C)C(=O)C[C@H](OC(=O)[C@H](C)N(C)C(=O)C(C)C)[C@@]1(C)O[C@@H]1[C@H](C)[C@@H]1C[C@@](O)(NC(=O)O1)[C@H](OC)C=CC=C(C)C2. The molecule has 2 fully saturated rings. The summed E-state index contributed by atoms with van der Waals surface area (Å²) in [7, 11) is 6.02. The largest absolute Gasteiger partial charge is 0.495 e. The number of amides is 3. The minimum atomic E-state index is -1.82. The minimum absolute atomic E-state index is 0.0449. The van der Waals surface area contributed by atoms with Gasteiger partial charge in [0.15, 0.2) is 5.72 Å². The van der Waals surface area contributed by atoms with Gasteiger partial charge in [0.25, 0.3) is 0 Å². The topological polar surface area (TPSA) is 156 Å². The Morgan fingerprint density at radius 3 is 2.50 bits per heavy atom. The van der Waals surface area contributed by atoms with Crippen LogP contribution in [0.25, 0.3) is 0 Å². The van der Waals surface area contributed by atoms with Crippen molar-refractivity contribution in [2.24, 2.45) is 11.8 Å². The highest BCUT2D eigenvalue weighted by atomic mass is 35.5. The quantitative estimate of drug-likeness (QED) is 0.323. The normalized spacial score (nSPS) is 30.8. The fraction of sp³-hybridized carbons (Fsp3) is 0.611. The van der Waals surface area contributed by atoms with E-state index in [2.05, 4.69) is 5.32 Å². The van der Waals surface area contributed by atoms with E-state index < -0.39 is 65.7 Å². The number of benzene rings is 1. The van der Waals surface area contributed by atoms with Crippen LogP contribution < -0.4 is 15.0 Å². The van der Waals surface area contributed by atoms with Crippen LogP contribution >= 0.6 is 11.6 Å². The lowest BCUT2D eigenvalue weighted by molar-refractivity contribution is -0.162. The molecule has 0 saturated carbocycles. The van der Waals surface area contributed by atoms with E-state index in [0.717, 1.165) is 11.1 Å². The summed E-state index contributed by atoms with van der Waals surface area (Å²) in [5, 5.41) is 14.4. The number of fused-ring (bicyclic) bond motifs is 5. The van der Waals surface area contributed by atoms with Gasteiger partial charge in [-0.25, -0.2) is 9.59 Å². The van der Waals surface area contributed by atoms with Crippen LogP contribution in [0.2, 0.25) is 5.02 Å². The maximum Gasteiger partial charge on any atom is 0.409 e. The molecule has 3 heterocycles. The van der Waals surface area contributed by atoms with E-state index in [0.29, 0.717) is 17.9 Å². The maximum absolute atomic E-state index is 14.1. The number of esters is 1. The molecule has 3 aliphatic rings. The van der Waals surface area contributed by atoms with Crippen LogP contribution in [0.1, 0.15) is 59.9 Å². The first-order valence-electron chi connectivity index (χ1n) is 16.7. The van der Waals surface area contributed by atoms with Crippen molar-refractivity contribution in [1.82, 2.24) is 10.2 Å². The maximum atomic E-state index is 14.1. The van der Waals surface area contributed by atoms with Gasteiger partial charge in [0.1, 0.15) is 40.7 Å². The van der Waals surface area contributed by atoms with Gasteiger partial charge < -0.3 is 38.6 Å². The third kappa shape index (κ3) is 8.11. The van der Waals surface area contributed by atoms with E-state index in [4.69, 9.17) is 35.3 Å². The lowest BCUT2D eigenvalue weighted by Gasteiger charge is -2.42. The molecule has 4 bridgehead atoms. The standard InChI is InChI=1S/C36H50ClN3O10/c1-19(2)32(42)39(7)22(5)33(43)49-28-17-29(41)40(8)24-15-23(16-25(46-9)30(24)37)14-20(3)12-11-13-27(47-10)36(45)18-26(48-34(44)38-36)21(4)31-35(28,6)50-31/h11-13,15-16,19,21-22,26-28,31,45H,14,17-18H2,1-10H3,(H,38,44)/t21-,22+,26+,27-,28+,31-,35-,36+/m1/s1. The second-order valence-corrected chi connectivity index (χ2v) is 14.4. The van der Waals surface area contributed by atoms with Crippen molar-refractivity contribution >= 4 is 41.2 Å². The number of rotatable bonds is 6. The van der Waals surface area contributed by atoms with Crippen LogP contribution in [0.4, 0.5) is 10.5 Å². The van der Waals surface area contributed by atoms with Crippen molar-refractivity contribution in [2.75, 3.05) is 33.2 Å². The molecule has 2 N–H and O–H groups in total. The molecule has 3 amide bonds. The summed E-state index contributed by atoms with van der Waals surface area (Å²) in [4.78, 5) is 55.8. The highest BCUT2D eigenvalue weighted by Crippen LogP contribution is 2.49. The molecule has 4 rings (SSSR count). The number of allylic oxidation sites excluding steroid dienone is 3. The Labute approximate surface area is 298 Å². The van der Waals surface area contributed by atoms with E-state index in [1.807, 2.05) is 13.0 Å². The third-order valence-electron chi connectivity index (χ3n) is 9.97. The van der Waals surface area contributed by atoms with Crippen molar-refractivity contribution in [2.45, 2.75) is 103 Å². The number of carbonyl (C=O) groups is 4. The summed E-state index contributed by atoms with van der Waals surface area (Å²) in [6.07, 6.45) is 1.00. The number of ether oxygens (including phenoxy) is 5. The van der Waals surface area contributed by atoms with E-state index in [1.165, 1.54) is 31.1 Å². The Hall–Kier alpha value is -3.65. The molecule has 0 aliphatic carbocycles. The van der Waals surface area contributed by atoms with Crippen LogP contribution in [-0.4, -0.2) is 104 Å². The van der Waals surface area contributed by atoms with Crippen molar-refractivity contribution in [3.63, 3.8) is 0 Å². The first kappa shape index (κ1) is 39.1. The molecule has 3 aliphatic heterocycles. The molecule has 1 aromatic rings. The lowest BCUT2D eigenvalue weighted by Crippen LogP contribution is -2.63. The first-order valence-corrected chi connectivity index (χ1v) is 17.1. The summed E-state index contributed by atoms with van der Waals surface area (Å²) >= 11 is 6.74. The molecular weight excluding hydrogens is 670 g/mol. The number of epoxide rings is 1. The van der Waals surface area contributed by atoms with Gasteiger partial charge in [-0.3, -0.25) is 14.9 Å². The average Bonchev–Trinajstić information content (AvgIpc) is 3.76. The van der Waals surface area contributed by atoms with Crippen LogP contribution in [0.15, 0.2) is 35.9 Å². The van der Waals surface area contributed by atoms with E-state index in [9.17, 15) is 24.3 Å². The van der Waals surface area contributed by atoms with Crippen LogP contribution in [0, 0.1) is 11.8 Å². The van der Waals surface area contributed by atoms with E-state index in [1.54, 1.807) is 66.0 Å². The fourth-order valence-electron chi connectivity index (χ4n) is 6.60. The van der Waals surface area contributed by atoms with Gasteiger partial charge in [-0.05, 0) is 44.9 Å². The molecule has 276 valence electrons. The van der Waals surface area contributed by atoms with Gasteiger partial charge in [0.2, 0.25) is 11.8 Å². The molecule has 14 heteroatoms. The summed E-state index contributed by atoms with van der Waals surface area (Å²) in [6.45, 7) is 10.5. The van der Waals surface area contributed by atoms with Gasteiger partial charge in [-0.1, -0.05) is 56.2 Å². The number of nitrogens with zero attached hydrogens (tertiary/aromatic N) is 2. The summed E-state index contributed by atoms with van der Waals surface area (Å²) < 4.78 is 29.1. The highest BCUT2D eigenvalue weighted by molar-refractivity contribution is 6.35. The number of anilines is 1. The van der Waals surface area contributed by atoms with Gasteiger partial charge in [-0.2, -0.15) is 0 Å². The minimum Gasteiger partial charge on any atom is -0.495 e. The Morgan fingerprint density at radius 1 is 1.20 bits per heavy atom. The van der Waals surface area contributed by atoms with Crippen molar-refractivity contribution in [1.29, 1.82) is 0 Å². The Morgan fingerprint density at radius 2 is 1.88 bits per heavy atom. The summed E-state index contributed by atoms with van der Waals surface area (Å²) in [5.41, 5.74) is -0.881. The first-order chi connectivity index (χ1) is 23.4. The van der Waals surface area contributed by atoms with Gasteiger partial charge >= 0.3 is 12.1 Å². The van der Waals surface area contributed by atoms with Crippen molar-refractivity contribution < 1.29 is 48.0 Å². The third-order valence-corrected chi connectivity index (χ3v) is 10.4. The van der Waals surface area contributed by atoms with Gasteiger partial charge in [0, 0.05) is 39.5 Å². The monoisotopic (exact) mass is 719 g/mol. The lowest BCUT2D eigenvalue weighted by atomic mass is 9.83. The number of likely N-dealkylation sites (N-methyl/N-ethyl adjacent to an activating group) is 1. The molecule has 0 aromatic heterocycles. The number of halogens is 1. The smallest absolute Gasteiger partial charge is 0.409 e. The zero-order valence-corrected chi connectivity index (χ0v) is 31.2.